The minimum Gasteiger partial charge on any atom is -0.464 e. The highest BCUT2D eigenvalue weighted by atomic mass is 19.1. The summed E-state index contributed by atoms with van der Waals surface area (Å²) in [6.45, 7) is 3.31. The lowest BCUT2D eigenvalue weighted by atomic mass is 10.0. The summed E-state index contributed by atoms with van der Waals surface area (Å²) < 4.78 is 12.9. The number of carbonyl (C=O) groups is 2. The smallest absolute Gasteiger partial charge is 0.427 e. The molecule has 0 unspecified atom stereocenters. The van der Waals surface area contributed by atoms with E-state index in [1.54, 1.807) is 26.0 Å². The fourth-order valence-corrected chi connectivity index (χ4v) is 2.62. The summed E-state index contributed by atoms with van der Waals surface area (Å²) in [4.78, 5) is 31.9. The highest BCUT2D eigenvalue weighted by molar-refractivity contribution is 5.97. The van der Waals surface area contributed by atoms with Crippen LogP contribution in [0, 0.1) is 17.7 Å². The molecule has 1 fully saturated rings. The predicted molar refractivity (Wildman–Crippen MR) is 90.5 cm³/mol. The van der Waals surface area contributed by atoms with E-state index in [-0.39, 0.29) is 18.2 Å². The minimum absolute atomic E-state index is 0.0321. The van der Waals surface area contributed by atoms with Crippen LogP contribution < -0.4 is 5.01 Å². The highest BCUT2D eigenvalue weighted by Crippen LogP contribution is 2.32. The molecule has 2 heterocycles. The van der Waals surface area contributed by atoms with Crippen molar-refractivity contribution in [1.82, 2.24) is 15.0 Å². The van der Waals surface area contributed by atoms with E-state index in [0.717, 1.165) is 10.0 Å². The number of benzene rings is 1. The van der Waals surface area contributed by atoms with Crippen molar-refractivity contribution < 1.29 is 19.1 Å². The van der Waals surface area contributed by atoms with Crippen LogP contribution in [0.2, 0.25) is 0 Å². The number of rotatable bonds is 1. The number of aromatic nitrogens is 2. The molecule has 7 nitrogen and oxygen atoms in total. The van der Waals surface area contributed by atoms with Gasteiger partial charge in [-0.25, -0.2) is 24.2 Å². The molecule has 132 valence electrons. The summed E-state index contributed by atoms with van der Waals surface area (Å²) >= 11 is 0. The molecule has 1 aliphatic heterocycles. The largest absolute Gasteiger partial charge is 0.464 e. The van der Waals surface area contributed by atoms with Crippen molar-refractivity contribution in [1.29, 1.82) is 0 Å². The average molecular weight is 354 g/mol. The van der Waals surface area contributed by atoms with Crippen LogP contribution in [0.5, 0.6) is 0 Å². The number of hydrogen-bond acceptors (Lipinski definition) is 4. The molecule has 0 spiro atoms. The summed E-state index contributed by atoms with van der Waals surface area (Å²) in [7, 11) is 0. The van der Waals surface area contributed by atoms with Crippen molar-refractivity contribution in [3.8, 4) is 11.8 Å². The Kier molecular flexibility index (Phi) is 4.30. The van der Waals surface area contributed by atoms with Crippen molar-refractivity contribution in [2.75, 3.05) is 5.01 Å². The molecule has 0 atom stereocenters. The first-order valence-electron chi connectivity index (χ1n) is 7.73. The molecular formula is C18H15FN4O3. The maximum absolute atomic E-state index is 12.9. The van der Waals surface area contributed by atoms with Crippen LogP contribution in [0.15, 0.2) is 36.7 Å². The Labute approximate surface area is 149 Å². The number of carboxylic acid groups (broad SMARTS) is 1. The summed E-state index contributed by atoms with van der Waals surface area (Å²) in [6, 6.07) is 5.72. The molecule has 2 amide bonds. The summed E-state index contributed by atoms with van der Waals surface area (Å²) in [5.74, 6) is 4.90. The van der Waals surface area contributed by atoms with Gasteiger partial charge in [-0.1, -0.05) is 11.8 Å². The van der Waals surface area contributed by atoms with Crippen LogP contribution in [-0.4, -0.2) is 37.6 Å². The zero-order valence-electron chi connectivity index (χ0n) is 14.1. The summed E-state index contributed by atoms with van der Waals surface area (Å²) in [5.41, 5.74) is 0.225. The van der Waals surface area contributed by atoms with E-state index in [1.807, 2.05) is 0 Å². The topological polar surface area (TPSA) is 86.6 Å². The summed E-state index contributed by atoms with van der Waals surface area (Å²) in [5, 5.41) is 11.3. The Morgan fingerprint density at radius 3 is 2.31 bits per heavy atom. The molecule has 0 aliphatic carbocycles. The first kappa shape index (κ1) is 17.4. The first-order chi connectivity index (χ1) is 12.3. The molecule has 0 radical (unpaired) electrons. The number of hydrogen-bond donors (Lipinski definition) is 1. The third-order valence-corrected chi connectivity index (χ3v) is 3.80. The molecule has 1 saturated heterocycles. The van der Waals surface area contributed by atoms with Crippen LogP contribution in [0.4, 0.5) is 15.1 Å². The normalized spacial score (nSPS) is 15.6. The Hall–Kier alpha value is -3.47. The van der Waals surface area contributed by atoms with Crippen LogP contribution in [0.25, 0.3) is 0 Å². The fourth-order valence-electron chi connectivity index (χ4n) is 2.62. The minimum atomic E-state index is -1.26. The third kappa shape index (κ3) is 3.32. The lowest BCUT2D eigenvalue weighted by molar-refractivity contribution is -0.118. The van der Waals surface area contributed by atoms with Gasteiger partial charge in [-0.15, -0.1) is 0 Å². The average Bonchev–Trinajstić information content (AvgIpc) is 2.83. The predicted octanol–water partition coefficient (Wildman–Crippen LogP) is 2.43. The van der Waals surface area contributed by atoms with Crippen LogP contribution in [-0.2, 0) is 4.79 Å². The first-order valence-corrected chi connectivity index (χ1v) is 7.73. The van der Waals surface area contributed by atoms with E-state index >= 15 is 0 Å². The quantitative estimate of drug-likeness (QED) is 0.795. The van der Waals surface area contributed by atoms with E-state index in [4.69, 9.17) is 0 Å². The molecule has 2 aromatic rings. The van der Waals surface area contributed by atoms with Crippen LogP contribution in [0.1, 0.15) is 31.4 Å². The lowest BCUT2D eigenvalue weighted by Gasteiger charge is -2.32. The van der Waals surface area contributed by atoms with E-state index in [0.29, 0.717) is 11.1 Å². The third-order valence-electron chi connectivity index (χ3n) is 3.80. The SMILES string of the molecule is CC1(C)CC(=O)N(c2ncc(C#Cc3ccc(F)cc3)cn2)N1C(=O)O. The van der Waals surface area contributed by atoms with E-state index in [1.165, 1.54) is 24.5 Å². The van der Waals surface area contributed by atoms with E-state index in [9.17, 15) is 19.1 Å². The Morgan fingerprint density at radius 1 is 1.15 bits per heavy atom. The standard InChI is InChI=1S/C18H15FN4O3/c1-18(2)9-15(24)22(23(18)17(25)26)16-20-10-13(11-21-16)4-3-12-5-7-14(19)8-6-12/h5-8,10-11H,9H2,1-2H3,(H,25,26). The van der Waals surface area contributed by atoms with Crippen LogP contribution in [0.3, 0.4) is 0 Å². The number of hydrazine groups is 1. The molecule has 1 aromatic carbocycles. The molecule has 3 rings (SSSR count). The van der Waals surface area contributed by atoms with Gasteiger partial charge in [-0.05, 0) is 38.1 Å². The molecule has 0 bridgehead atoms. The summed E-state index contributed by atoms with van der Waals surface area (Å²) in [6.07, 6.45) is 1.58. The zero-order valence-corrected chi connectivity index (χ0v) is 14.1. The van der Waals surface area contributed by atoms with Crippen molar-refractivity contribution in [3.05, 3.63) is 53.6 Å². The van der Waals surface area contributed by atoms with Crippen LogP contribution >= 0.6 is 0 Å². The van der Waals surface area contributed by atoms with E-state index in [2.05, 4.69) is 21.8 Å². The van der Waals surface area contributed by atoms with Gasteiger partial charge < -0.3 is 5.11 Å². The fraction of sp³-hybridized carbons (Fsp3) is 0.222. The van der Waals surface area contributed by atoms with Gasteiger partial charge >= 0.3 is 6.09 Å². The van der Waals surface area contributed by atoms with Crippen molar-refractivity contribution in [2.24, 2.45) is 0 Å². The maximum Gasteiger partial charge on any atom is 0.427 e. The highest BCUT2D eigenvalue weighted by Gasteiger charge is 2.48. The number of carbonyl (C=O) groups excluding carboxylic acids is 1. The van der Waals surface area contributed by atoms with Gasteiger partial charge in [-0.2, -0.15) is 5.01 Å². The zero-order chi connectivity index (χ0) is 18.9. The Morgan fingerprint density at radius 2 is 1.73 bits per heavy atom. The van der Waals surface area contributed by atoms with E-state index < -0.39 is 17.5 Å². The molecular weight excluding hydrogens is 339 g/mol. The molecule has 1 N–H and O–H groups in total. The van der Waals surface area contributed by atoms with Gasteiger partial charge in [0, 0.05) is 18.0 Å². The molecule has 8 heteroatoms. The Bertz CT molecular complexity index is 914. The maximum atomic E-state index is 12.9. The molecule has 1 aliphatic rings. The monoisotopic (exact) mass is 354 g/mol. The van der Waals surface area contributed by atoms with Gasteiger partial charge in [0.15, 0.2) is 0 Å². The van der Waals surface area contributed by atoms with Gasteiger partial charge in [0.1, 0.15) is 5.82 Å². The van der Waals surface area contributed by atoms with Gasteiger partial charge in [0.25, 0.3) is 11.9 Å². The number of amides is 2. The number of nitrogens with zero attached hydrogens (tertiary/aromatic N) is 4. The second-order valence-electron chi connectivity index (χ2n) is 6.32. The molecule has 0 saturated carbocycles. The molecule has 1 aromatic heterocycles. The second-order valence-corrected chi connectivity index (χ2v) is 6.32. The number of halogens is 1. The van der Waals surface area contributed by atoms with Crippen molar-refractivity contribution in [3.63, 3.8) is 0 Å². The molecule has 26 heavy (non-hydrogen) atoms. The lowest BCUT2D eigenvalue weighted by Crippen LogP contribution is -2.51. The van der Waals surface area contributed by atoms with Gasteiger partial charge in [0.05, 0.1) is 17.5 Å². The Balaban J connectivity index is 1.85. The van der Waals surface area contributed by atoms with Crippen molar-refractivity contribution >= 4 is 17.9 Å². The van der Waals surface area contributed by atoms with Crippen molar-refractivity contribution in [2.45, 2.75) is 25.8 Å². The van der Waals surface area contributed by atoms with Gasteiger partial charge in [-0.3, -0.25) is 4.79 Å². The van der Waals surface area contributed by atoms with Gasteiger partial charge in [0.2, 0.25) is 0 Å². The second kappa shape index (κ2) is 6.44. The number of anilines is 1.